The van der Waals surface area contributed by atoms with Crippen LogP contribution in [0.3, 0.4) is 0 Å². The molecule has 1 heterocycles. The van der Waals surface area contributed by atoms with Crippen LogP contribution in [0.5, 0.6) is 0 Å². The molecule has 0 aromatic heterocycles. The Kier molecular flexibility index (Phi) is 6.92. The van der Waals surface area contributed by atoms with Crippen LogP contribution in [-0.2, 0) is 6.18 Å². The van der Waals surface area contributed by atoms with E-state index in [4.69, 9.17) is 0 Å². The predicted octanol–water partition coefficient (Wildman–Crippen LogP) is 3.81. The van der Waals surface area contributed by atoms with E-state index in [2.05, 4.69) is 34.3 Å². The summed E-state index contributed by atoms with van der Waals surface area (Å²) in [5, 5.41) is 2.64. The molecule has 4 nitrogen and oxygen atoms in total. The average molecular weight is 405 g/mol. The van der Waals surface area contributed by atoms with E-state index >= 15 is 0 Å². The number of carbonyl (C=O) groups excluding carboxylic acids is 1. The van der Waals surface area contributed by atoms with Gasteiger partial charge >= 0.3 is 6.18 Å². The highest BCUT2D eigenvalue weighted by atomic mass is 19.4. The van der Waals surface area contributed by atoms with Crippen LogP contribution in [-0.4, -0.2) is 55.5 Å². The van der Waals surface area contributed by atoms with E-state index in [1.54, 1.807) is 0 Å². The van der Waals surface area contributed by atoms with E-state index in [-0.39, 0.29) is 11.6 Å². The van der Waals surface area contributed by atoms with Gasteiger partial charge < -0.3 is 10.2 Å². The van der Waals surface area contributed by atoms with Gasteiger partial charge in [0.1, 0.15) is 0 Å². The fourth-order valence-corrected chi connectivity index (χ4v) is 3.72. The van der Waals surface area contributed by atoms with Crippen molar-refractivity contribution in [2.24, 2.45) is 0 Å². The zero-order valence-electron chi connectivity index (χ0n) is 16.5. The van der Waals surface area contributed by atoms with Gasteiger partial charge in [-0.1, -0.05) is 42.5 Å². The molecule has 29 heavy (non-hydrogen) atoms. The number of halogens is 3. The Morgan fingerprint density at radius 2 is 1.76 bits per heavy atom. The lowest BCUT2D eigenvalue weighted by Crippen LogP contribution is -2.47. The molecule has 0 bridgehead atoms. The van der Waals surface area contributed by atoms with E-state index < -0.39 is 17.6 Å². The molecule has 0 saturated carbocycles. The SMILES string of the molecule is CN1CCN(CCCNC(=O)c2ccccc2C(F)(F)F)[C@H](c2ccccc2)C1. The van der Waals surface area contributed by atoms with Gasteiger partial charge in [-0.05, 0) is 31.2 Å². The third-order valence-electron chi connectivity index (χ3n) is 5.26. The van der Waals surface area contributed by atoms with Gasteiger partial charge in [0.2, 0.25) is 0 Å². The second-order valence-electron chi connectivity index (χ2n) is 7.38. The fraction of sp³-hybridized carbons (Fsp3) is 0.409. The molecule has 0 unspecified atom stereocenters. The lowest BCUT2D eigenvalue weighted by molar-refractivity contribution is -0.137. The van der Waals surface area contributed by atoms with Crippen molar-refractivity contribution in [3.63, 3.8) is 0 Å². The molecule has 2 aromatic rings. The Morgan fingerprint density at radius 3 is 2.48 bits per heavy atom. The molecule has 1 N–H and O–H groups in total. The maximum Gasteiger partial charge on any atom is 0.417 e. The van der Waals surface area contributed by atoms with Gasteiger partial charge in [-0.2, -0.15) is 13.2 Å². The van der Waals surface area contributed by atoms with Gasteiger partial charge in [0.15, 0.2) is 0 Å². The van der Waals surface area contributed by atoms with E-state index in [0.29, 0.717) is 13.0 Å². The number of benzene rings is 2. The monoisotopic (exact) mass is 405 g/mol. The maximum atomic E-state index is 13.1. The fourth-order valence-electron chi connectivity index (χ4n) is 3.72. The molecule has 1 saturated heterocycles. The molecule has 1 aliphatic rings. The zero-order valence-corrected chi connectivity index (χ0v) is 16.5. The number of piperazine rings is 1. The first-order valence-corrected chi connectivity index (χ1v) is 9.78. The number of likely N-dealkylation sites (N-methyl/N-ethyl adjacent to an activating group) is 1. The molecule has 0 aliphatic carbocycles. The van der Waals surface area contributed by atoms with Crippen molar-refractivity contribution in [1.29, 1.82) is 0 Å². The Hall–Kier alpha value is -2.38. The van der Waals surface area contributed by atoms with Crippen LogP contribution in [0.25, 0.3) is 0 Å². The number of nitrogens with zero attached hydrogens (tertiary/aromatic N) is 2. The third kappa shape index (κ3) is 5.58. The molecule has 1 fully saturated rings. The minimum absolute atomic E-state index is 0.275. The number of alkyl halides is 3. The summed E-state index contributed by atoms with van der Waals surface area (Å²) in [5.74, 6) is -0.684. The quantitative estimate of drug-likeness (QED) is 0.743. The molecule has 0 spiro atoms. The van der Waals surface area contributed by atoms with Crippen LogP contribution in [0.4, 0.5) is 13.2 Å². The van der Waals surface area contributed by atoms with Gasteiger partial charge in [-0.3, -0.25) is 9.69 Å². The molecule has 1 aliphatic heterocycles. The van der Waals surface area contributed by atoms with Gasteiger partial charge in [0.05, 0.1) is 11.1 Å². The Balaban J connectivity index is 1.55. The number of rotatable bonds is 6. The largest absolute Gasteiger partial charge is 0.417 e. The van der Waals surface area contributed by atoms with Crippen molar-refractivity contribution in [2.75, 3.05) is 39.8 Å². The first-order valence-electron chi connectivity index (χ1n) is 9.78. The van der Waals surface area contributed by atoms with E-state index in [0.717, 1.165) is 32.2 Å². The number of nitrogens with one attached hydrogen (secondary N) is 1. The first-order chi connectivity index (χ1) is 13.9. The van der Waals surface area contributed by atoms with Crippen molar-refractivity contribution in [3.8, 4) is 0 Å². The minimum Gasteiger partial charge on any atom is -0.352 e. The van der Waals surface area contributed by atoms with Gasteiger partial charge in [-0.15, -0.1) is 0 Å². The lowest BCUT2D eigenvalue weighted by Gasteiger charge is -2.40. The van der Waals surface area contributed by atoms with Gasteiger partial charge in [-0.25, -0.2) is 0 Å². The number of hydrogen-bond donors (Lipinski definition) is 1. The van der Waals surface area contributed by atoms with Crippen LogP contribution >= 0.6 is 0 Å². The molecular formula is C22H26F3N3O. The Morgan fingerprint density at radius 1 is 1.07 bits per heavy atom. The van der Waals surface area contributed by atoms with Crippen molar-refractivity contribution in [2.45, 2.75) is 18.6 Å². The van der Waals surface area contributed by atoms with Gasteiger partial charge in [0.25, 0.3) is 5.91 Å². The molecule has 1 atom stereocenters. The number of amides is 1. The van der Waals surface area contributed by atoms with Crippen LogP contribution < -0.4 is 5.32 Å². The van der Waals surface area contributed by atoms with E-state index in [9.17, 15) is 18.0 Å². The first kappa shape index (κ1) is 21.3. The summed E-state index contributed by atoms with van der Waals surface area (Å²) in [6, 6.07) is 15.4. The minimum atomic E-state index is -4.54. The van der Waals surface area contributed by atoms with Crippen LogP contribution in [0.1, 0.15) is 33.9 Å². The Labute approximate surface area is 169 Å². The summed E-state index contributed by atoms with van der Waals surface area (Å²) in [7, 11) is 2.10. The van der Waals surface area contributed by atoms with E-state index in [1.807, 2.05) is 18.2 Å². The summed E-state index contributed by atoms with van der Waals surface area (Å²) in [5.41, 5.74) is 0.0182. The average Bonchev–Trinajstić information content (AvgIpc) is 2.72. The molecule has 1 amide bonds. The molecule has 2 aromatic carbocycles. The zero-order chi connectivity index (χ0) is 20.9. The second-order valence-corrected chi connectivity index (χ2v) is 7.38. The highest BCUT2D eigenvalue weighted by Gasteiger charge is 2.34. The summed E-state index contributed by atoms with van der Waals surface area (Å²) >= 11 is 0. The highest BCUT2D eigenvalue weighted by molar-refractivity contribution is 5.95. The summed E-state index contributed by atoms with van der Waals surface area (Å²) in [6.45, 7) is 3.92. The third-order valence-corrected chi connectivity index (χ3v) is 5.26. The summed E-state index contributed by atoms with van der Waals surface area (Å²) in [4.78, 5) is 16.9. The standard InChI is InChI=1S/C22H26F3N3O/c1-27-14-15-28(20(16-27)17-8-3-2-4-9-17)13-7-12-26-21(29)18-10-5-6-11-19(18)22(23,24)25/h2-6,8-11,20H,7,12-16H2,1H3,(H,26,29)/t20-/m0/s1. The smallest absolute Gasteiger partial charge is 0.352 e. The van der Waals surface area contributed by atoms with Crippen molar-refractivity contribution >= 4 is 5.91 Å². The van der Waals surface area contributed by atoms with Crippen LogP contribution in [0.15, 0.2) is 54.6 Å². The van der Waals surface area contributed by atoms with Gasteiger partial charge in [0, 0.05) is 38.8 Å². The Bertz CT molecular complexity index is 810. The van der Waals surface area contributed by atoms with Crippen LogP contribution in [0, 0.1) is 0 Å². The summed E-state index contributed by atoms with van der Waals surface area (Å²) < 4.78 is 39.3. The topological polar surface area (TPSA) is 35.6 Å². The number of carbonyl (C=O) groups is 1. The molecule has 3 rings (SSSR count). The van der Waals surface area contributed by atoms with Crippen LogP contribution in [0.2, 0.25) is 0 Å². The molecule has 7 heteroatoms. The molecular weight excluding hydrogens is 379 g/mol. The second kappa shape index (κ2) is 9.41. The highest BCUT2D eigenvalue weighted by Crippen LogP contribution is 2.31. The molecule has 0 radical (unpaired) electrons. The van der Waals surface area contributed by atoms with E-state index in [1.165, 1.54) is 23.8 Å². The van der Waals surface area contributed by atoms with Crippen molar-refractivity contribution in [3.05, 3.63) is 71.3 Å². The number of hydrogen-bond acceptors (Lipinski definition) is 3. The van der Waals surface area contributed by atoms with Crippen molar-refractivity contribution < 1.29 is 18.0 Å². The van der Waals surface area contributed by atoms with Crippen molar-refractivity contribution in [1.82, 2.24) is 15.1 Å². The predicted molar refractivity (Wildman–Crippen MR) is 107 cm³/mol. The molecule has 156 valence electrons. The maximum absolute atomic E-state index is 13.1. The summed E-state index contributed by atoms with van der Waals surface area (Å²) in [6.07, 6.45) is -3.87. The lowest BCUT2D eigenvalue weighted by atomic mass is 10.0. The normalized spacial score (nSPS) is 18.6.